The van der Waals surface area contributed by atoms with Crippen molar-refractivity contribution in [1.82, 2.24) is 9.88 Å². The van der Waals surface area contributed by atoms with Gasteiger partial charge in [0.2, 0.25) is 11.8 Å². The van der Waals surface area contributed by atoms with Crippen molar-refractivity contribution in [2.24, 2.45) is 0 Å². The fourth-order valence-electron chi connectivity index (χ4n) is 2.44. The third-order valence-corrected chi connectivity index (χ3v) is 3.68. The van der Waals surface area contributed by atoms with Gasteiger partial charge in [0.1, 0.15) is 12.0 Å². The average Bonchev–Trinajstić information content (AvgIpc) is 3.31. The number of carbonyl (C=O) groups is 1. The molecular formula is C19H17N3O3. The van der Waals surface area contributed by atoms with Crippen molar-refractivity contribution in [2.75, 3.05) is 6.54 Å². The molecule has 0 spiro atoms. The SMILES string of the molecule is N#CCCN(Cc1ccco1)C(=O)Cc1coc(-c2ccccc2)n1. The molecular weight excluding hydrogens is 318 g/mol. The van der Waals surface area contributed by atoms with Gasteiger partial charge in [-0.2, -0.15) is 5.26 Å². The van der Waals surface area contributed by atoms with Crippen molar-refractivity contribution in [3.05, 3.63) is 66.4 Å². The second-order valence-corrected chi connectivity index (χ2v) is 5.49. The van der Waals surface area contributed by atoms with Crippen molar-refractivity contribution in [2.45, 2.75) is 19.4 Å². The molecule has 0 radical (unpaired) electrons. The summed E-state index contributed by atoms with van der Waals surface area (Å²) in [6.07, 6.45) is 3.44. The van der Waals surface area contributed by atoms with E-state index in [9.17, 15) is 4.79 Å². The number of hydrogen-bond acceptors (Lipinski definition) is 5. The molecule has 0 fully saturated rings. The Bertz CT molecular complexity index is 848. The van der Waals surface area contributed by atoms with Crippen LogP contribution >= 0.6 is 0 Å². The molecule has 126 valence electrons. The van der Waals surface area contributed by atoms with Gasteiger partial charge in [0.05, 0.1) is 37.4 Å². The van der Waals surface area contributed by atoms with Crippen LogP contribution in [0.3, 0.4) is 0 Å². The highest BCUT2D eigenvalue weighted by Crippen LogP contribution is 2.18. The van der Waals surface area contributed by atoms with Crippen LogP contribution in [-0.2, 0) is 17.8 Å². The summed E-state index contributed by atoms with van der Waals surface area (Å²) in [6, 6.07) is 15.1. The fraction of sp³-hybridized carbons (Fsp3) is 0.211. The smallest absolute Gasteiger partial charge is 0.229 e. The second-order valence-electron chi connectivity index (χ2n) is 5.49. The van der Waals surface area contributed by atoms with E-state index in [2.05, 4.69) is 11.1 Å². The van der Waals surface area contributed by atoms with Crippen molar-refractivity contribution in [1.29, 1.82) is 5.26 Å². The number of hydrogen-bond donors (Lipinski definition) is 0. The first-order chi connectivity index (χ1) is 12.3. The molecule has 0 saturated heterocycles. The summed E-state index contributed by atoms with van der Waals surface area (Å²) >= 11 is 0. The molecule has 2 aromatic heterocycles. The molecule has 25 heavy (non-hydrogen) atoms. The number of benzene rings is 1. The highest BCUT2D eigenvalue weighted by Gasteiger charge is 2.18. The standard InChI is InChI=1S/C19H17N3O3/c20-9-5-10-22(13-17-8-4-11-24-17)18(23)12-16-14-25-19(21-16)15-6-2-1-3-7-15/h1-4,6-8,11,14H,5,10,12-13H2. The highest BCUT2D eigenvalue weighted by molar-refractivity contribution is 5.78. The van der Waals surface area contributed by atoms with Crippen LogP contribution < -0.4 is 0 Å². The van der Waals surface area contributed by atoms with E-state index in [1.165, 1.54) is 6.26 Å². The molecule has 0 N–H and O–H groups in total. The lowest BCUT2D eigenvalue weighted by Crippen LogP contribution is -2.32. The van der Waals surface area contributed by atoms with E-state index in [0.717, 1.165) is 5.56 Å². The lowest BCUT2D eigenvalue weighted by Gasteiger charge is -2.19. The number of aromatic nitrogens is 1. The normalized spacial score (nSPS) is 10.4. The van der Waals surface area contributed by atoms with Gasteiger partial charge in [0.25, 0.3) is 0 Å². The predicted molar refractivity (Wildman–Crippen MR) is 90.0 cm³/mol. The summed E-state index contributed by atoms with van der Waals surface area (Å²) in [4.78, 5) is 18.6. The first-order valence-corrected chi connectivity index (χ1v) is 7.93. The van der Waals surface area contributed by atoms with Crippen LogP contribution in [0.25, 0.3) is 11.5 Å². The van der Waals surface area contributed by atoms with Crippen LogP contribution in [0.2, 0.25) is 0 Å². The molecule has 1 aromatic carbocycles. The van der Waals surface area contributed by atoms with Gasteiger partial charge in [0.15, 0.2) is 0 Å². The van der Waals surface area contributed by atoms with Crippen LogP contribution in [0, 0.1) is 11.3 Å². The summed E-state index contributed by atoms with van der Waals surface area (Å²) in [5.41, 5.74) is 1.42. The topological polar surface area (TPSA) is 83.3 Å². The van der Waals surface area contributed by atoms with Gasteiger partial charge in [-0.15, -0.1) is 0 Å². The zero-order valence-electron chi connectivity index (χ0n) is 13.6. The Morgan fingerprint density at radius 2 is 2.00 bits per heavy atom. The Kier molecular flexibility index (Phi) is 5.27. The van der Waals surface area contributed by atoms with Gasteiger partial charge in [-0.25, -0.2) is 4.98 Å². The predicted octanol–water partition coefficient (Wildman–Crippen LogP) is 3.42. The van der Waals surface area contributed by atoms with Crippen molar-refractivity contribution in [3.8, 4) is 17.5 Å². The van der Waals surface area contributed by atoms with E-state index in [1.807, 2.05) is 30.3 Å². The van der Waals surface area contributed by atoms with Crippen molar-refractivity contribution in [3.63, 3.8) is 0 Å². The number of amides is 1. The average molecular weight is 335 g/mol. The first kappa shape index (κ1) is 16.5. The van der Waals surface area contributed by atoms with E-state index in [0.29, 0.717) is 30.4 Å². The quantitative estimate of drug-likeness (QED) is 0.660. The van der Waals surface area contributed by atoms with Crippen molar-refractivity contribution < 1.29 is 13.6 Å². The van der Waals surface area contributed by atoms with Gasteiger partial charge >= 0.3 is 0 Å². The third-order valence-electron chi connectivity index (χ3n) is 3.68. The van der Waals surface area contributed by atoms with Crippen LogP contribution in [0.1, 0.15) is 17.9 Å². The summed E-state index contributed by atoms with van der Waals surface area (Å²) in [7, 11) is 0. The van der Waals surface area contributed by atoms with E-state index in [-0.39, 0.29) is 18.7 Å². The molecule has 0 aliphatic carbocycles. The van der Waals surface area contributed by atoms with Gasteiger partial charge in [0, 0.05) is 12.1 Å². The number of furan rings is 1. The molecule has 0 bridgehead atoms. The van der Waals surface area contributed by atoms with Gasteiger partial charge < -0.3 is 13.7 Å². The minimum Gasteiger partial charge on any atom is -0.467 e. The minimum absolute atomic E-state index is 0.114. The Morgan fingerprint density at radius 3 is 2.72 bits per heavy atom. The van der Waals surface area contributed by atoms with Crippen LogP contribution in [-0.4, -0.2) is 22.3 Å². The second kappa shape index (κ2) is 7.97. The summed E-state index contributed by atoms with van der Waals surface area (Å²) in [6.45, 7) is 0.677. The molecule has 1 amide bonds. The van der Waals surface area contributed by atoms with Crippen molar-refractivity contribution >= 4 is 5.91 Å². The van der Waals surface area contributed by atoms with Crippen LogP contribution in [0.5, 0.6) is 0 Å². The van der Waals surface area contributed by atoms with E-state index in [1.54, 1.807) is 23.3 Å². The molecule has 0 saturated carbocycles. The number of nitriles is 1. The number of rotatable bonds is 7. The van der Waals surface area contributed by atoms with Gasteiger partial charge in [-0.3, -0.25) is 4.79 Å². The summed E-state index contributed by atoms with van der Waals surface area (Å²) in [5, 5.41) is 8.80. The maximum atomic E-state index is 12.6. The Hall–Kier alpha value is -3.33. The van der Waals surface area contributed by atoms with Gasteiger partial charge in [-0.05, 0) is 24.3 Å². The van der Waals surface area contributed by atoms with E-state index in [4.69, 9.17) is 14.1 Å². The highest BCUT2D eigenvalue weighted by atomic mass is 16.3. The Labute approximate surface area is 145 Å². The fourth-order valence-corrected chi connectivity index (χ4v) is 2.44. The maximum Gasteiger partial charge on any atom is 0.229 e. The molecule has 0 aliphatic heterocycles. The molecule has 0 atom stereocenters. The minimum atomic E-state index is -0.125. The van der Waals surface area contributed by atoms with Gasteiger partial charge in [-0.1, -0.05) is 18.2 Å². The monoisotopic (exact) mass is 335 g/mol. The molecule has 3 aromatic rings. The molecule has 6 heteroatoms. The third kappa shape index (κ3) is 4.36. The number of carbonyl (C=O) groups excluding carboxylic acids is 1. The zero-order chi connectivity index (χ0) is 17.5. The number of oxazole rings is 1. The largest absolute Gasteiger partial charge is 0.467 e. The summed E-state index contributed by atoms with van der Waals surface area (Å²) in [5.74, 6) is 1.04. The zero-order valence-corrected chi connectivity index (χ0v) is 13.6. The lowest BCUT2D eigenvalue weighted by molar-refractivity contribution is -0.131. The van der Waals surface area contributed by atoms with Crippen LogP contribution in [0.15, 0.2) is 63.8 Å². The number of nitrogens with zero attached hydrogens (tertiary/aromatic N) is 3. The van der Waals surface area contributed by atoms with Crippen LogP contribution in [0.4, 0.5) is 0 Å². The first-order valence-electron chi connectivity index (χ1n) is 7.93. The maximum absolute atomic E-state index is 12.6. The molecule has 3 rings (SSSR count). The summed E-state index contributed by atoms with van der Waals surface area (Å²) < 4.78 is 10.8. The molecule has 2 heterocycles. The molecule has 6 nitrogen and oxygen atoms in total. The van der Waals surface area contributed by atoms with E-state index >= 15 is 0 Å². The van der Waals surface area contributed by atoms with E-state index < -0.39 is 0 Å². The molecule has 0 unspecified atom stereocenters. The Balaban J connectivity index is 1.68. The lowest BCUT2D eigenvalue weighted by atomic mass is 10.2. The molecule has 0 aliphatic rings. The Morgan fingerprint density at radius 1 is 1.16 bits per heavy atom.